The Kier molecular flexibility index (Phi) is 5.61. The number of pyridine rings is 1. The van der Waals surface area contributed by atoms with Crippen molar-refractivity contribution in [2.75, 3.05) is 0 Å². The Morgan fingerprint density at radius 1 is 1.00 bits per heavy atom. The monoisotopic (exact) mass is 380 g/mol. The van der Waals surface area contributed by atoms with Crippen molar-refractivity contribution in [1.82, 2.24) is 4.98 Å². The van der Waals surface area contributed by atoms with Crippen molar-refractivity contribution in [3.05, 3.63) is 99.8 Å². The molecule has 1 heterocycles. The molecule has 3 rings (SSSR count). The predicted octanol–water partition coefficient (Wildman–Crippen LogP) is 6.39. The van der Waals surface area contributed by atoms with E-state index in [-0.39, 0.29) is 5.92 Å². The number of halogens is 2. The molecule has 0 spiro atoms. The SMILES string of the molecule is CC(C#N)(CC(c1ccccc1)c1cccnc1)c1ccc(Cl)c(Cl)c1. The second-order valence-corrected chi connectivity index (χ2v) is 7.34. The maximum absolute atomic E-state index is 10.00. The second kappa shape index (κ2) is 7.91. The molecule has 2 unspecified atom stereocenters. The Morgan fingerprint density at radius 2 is 1.73 bits per heavy atom. The number of benzene rings is 2. The first kappa shape index (κ1) is 18.5. The average molecular weight is 381 g/mol. The van der Waals surface area contributed by atoms with Crippen LogP contribution in [0.1, 0.15) is 36.0 Å². The van der Waals surface area contributed by atoms with Crippen molar-refractivity contribution in [3.8, 4) is 6.07 Å². The molecule has 1 aromatic heterocycles. The van der Waals surface area contributed by atoms with E-state index in [4.69, 9.17) is 23.2 Å². The summed E-state index contributed by atoms with van der Waals surface area (Å²) < 4.78 is 0. The predicted molar refractivity (Wildman–Crippen MR) is 107 cm³/mol. The Bertz CT molecular complexity index is 880. The van der Waals surface area contributed by atoms with Gasteiger partial charge in [-0.05, 0) is 48.2 Å². The van der Waals surface area contributed by atoms with Gasteiger partial charge in [-0.25, -0.2) is 0 Å². The lowest BCUT2D eigenvalue weighted by Gasteiger charge is -2.28. The van der Waals surface area contributed by atoms with E-state index in [9.17, 15) is 5.26 Å². The van der Waals surface area contributed by atoms with E-state index in [0.717, 1.165) is 16.7 Å². The highest BCUT2D eigenvalue weighted by atomic mass is 35.5. The van der Waals surface area contributed by atoms with Crippen LogP contribution in [-0.4, -0.2) is 4.98 Å². The van der Waals surface area contributed by atoms with Crippen LogP contribution in [0.25, 0.3) is 0 Å². The maximum Gasteiger partial charge on any atom is 0.0803 e. The third-order valence-electron chi connectivity index (χ3n) is 4.70. The highest BCUT2D eigenvalue weighted by Gasteiger charge is 2.32. The van der Waals surface area contributed by atoms with Gasteiger partial charge in [0.15, 0.2) is 0 Å². The maximum atomic E-state index is 10.00. The fourth-order valence-electron chi connectivity index (χ4n) is 3.17. The number of nitriles is 1. The smallest absolute Gasteiger partial charge is 0.0803 e. The molecule has 4 heteroatoms. The average Bonchev–Trinajstić information content (AvgIpc) is 2.69. The molecule has 3 aromatic rings. The standard InChI is InChI=1S/C22H18Cl2N2/c1-22(15-25,18-9-10-20(23)21(24)12-18)13-19(16-6-3-2-4-7-16)17-8-5-11-26-14-17/h2-12,14,19H,13H2,1H3. The first-order chi connectivity index (χ1) is 12.5. The van der Waals surface area contributed by atoms with Gasteiger partial charge in [0.2, 0.25) is 0 Å². The highest BCUT2D eigenvalue weighted by molar-refractivity contribution is 6.42. The summed E-state index contributed by atoms with van der Waals surface area (Å²) in [7, 11) is 0. The zero-order valence-electron chi connectivity index (χ0n) is 14.4. The first-order valence-corrected chi connectivity index (χ1v) is 9.11. The van der Waals surface area contributed by atoms with Crippen molar-refractivity contribution < 1.29 is 0 Å². The van der Waals surface area contributed by atoms with Crippen molar-refractivity contribution in [1.29, 1.82) is 5.26 Å². The highest BCUT2D eigenvalue weighted by Crippen LogP contribution is 2.39. The van der Waals surface area contributed by atoms with Crippen LogP contribution in [0.2, 0.25) is 10.0 Å². The Labute approximate surface area is 164 Å². The van der Waals surface area contributed by atoms with Crippen LogP contribution < -0.4 is 0 Å². The third-order valence-corrected chi connectivity index (χ3v) is 5.44. The molecule has 0 fully saturated rings. The van der Waals surface area contributed by atoms with Crippen LogP contribution in [0.5, 0.6) is 0 Å². The number of hydrogen-bond acceptors (Lipinski definition) is 2. The second-order valence-electron chi connectivity index (χ2n) is 6.53. The van der Waals surface area contributed by atoms with Crippen molar-refractivity contribution in [2.45, 2.75) is 24.7 Å². The molecule has 0 saturated carbocycles. The zero-order chi connectivity index (χ0) is 18.6. The van der Waals surface area contributed by atoms with E-state index >= 15 is 0 Å². The van der Waals surface area contributed by atoms with Gasteiger partial charge in [0.1, 0.15) is 0 Å². The van der Waals surface area contributed by atoms with Crippen LogP contribution >= 0.6 is 23.2 Å². The molecule has 0 aliphatic heterocycles. The lowest BCUT2D eigenvalue weighted by molar-refractivity contribution is 0.513. The number of hydrogen-bond donors (Lipinski definition) is 0. The van der Waals surface area contributed by atoms with Gasteiger partial charge in [-0.2, -0.15) is 5.26 Å². The molecule has 2 nitrogen and oxygen atoms in total. The van der Waals surface area contributed by atoms with E-state index < -0.39 is 5.41 Å². The molecule has 130 valence electrons. The van der Waals surface area contributed by atoms with Crippen LogP contribution in [0, 0.1) is 11.3 Å². The quantitative estimate of drug-likeness (QED) is 0.513. The molecule has 26 heavy (non-hydrogen) atoms. The Balaban J connectivity index is 2.04. The number of rotatable bonds is 5. The van der Waals surface area contributed by atoms with Crippen LogP contribution in [0.15, 0.2) is 73.1 Å². The Hall–Kier alpha value is -2.34. The lowest BCUT2D eigenvalue weighted by Crippen LogP contribution is -2.23. The summed E-state index contributed by atoms with van der Waals surface area (Å²) >= 11 is 12.2. The summed E-state index contributed by atoms with van der Waals surface area (Å²) in [4.78, 5) is 4.26. The summed E-state index contributed by atoms with van der Waals surface area (Å²) in [5, 5.41) is 10.9. The van der Waals surface area contributed by atoms with Crippen molar-refractivity contribution in [3.63, 3.8) is 0 Å². The molecule has 0 radical (unpaired) electrons. The third kappa shape index (κ3) is 3.90. The molecule has 0 saturated heterocycles. The molecule has 0 N–H and O–H groups in total. The van der Waals surface area contributed by atoms with Crippen molar-refractivity contribution in [2.24, 2.45) is 0 Å². The first-order valence-electron chi connectivity index (χ1n) is 8.35. The molecular weight excluding hydrogens is 363 g/mol. The van der Waals surface area contributed by atoms with Crippen LogP contribution in [0.4, 0.5) is 0 Å². The van der Waals surface area contributed by atoms with Gasteiger partial charge >= 0.3 is 0 Å². The van der Waals surface area contributed by atoms with Gasteiger partial charge in [-0.3, -0.25) is 4.98 Å². The van der Waals surface area contributed by atoms with Gasteiger partial charge in [-0.1, -0.05) is 65.7 Å². The van der Waals surface area contributed by atoms with Gasteiger partial charge in [-0.15, -0.1) is 0 Å². The number of nitrogens with zero attached hydrogens (tertiary/aromatic N) is 2. The summed E-state index contributed by atoms with van der Waals surface area (Å²) in [5.74, 6) is 0.0454. The summed E-state index contributed by atoms with van der Waals surface area (Å²) in [5.41, 5.74) is 2.38. The van der Waals surface area contributed by atoms with Gasteiger partial charge < -0.3 is 0 Å². The van der Waals surface area contributed by atoms with Gasteiger partial charge in [0.25, 0.3) is 0 Å². The minimum atomic E-state index is -0.718. The Morgan fingerprint density at radius 3 is 2.35 bits per heavy atom. The zero-order valence-corrected chi connectivity index (χ0v) is 15.9. The summed E-state index contributed by atoms with van der Waals surface area (Å²) in [6.45, 7) is 1.94. The minimum Gasteiger partial charge on any atom is -0.264 e. The summed E-state index contributed by atoms with van der Waals surface area (Å²) in [6.07, 6.45) is 4.23. The van der Waals surface area contributed by atoms with E-state index in [1.807, 2.05) is 43.5 Å². The normalized spacial score (nSPS) is 14.2. The van der Waals surface area contributed by atoms with Crippen LogP contribution in [-0.2, 0) is 5.41 Å². The lowest BCUT2D eigenvalue weighted by atomic mass is 9.73. The number of aromatic nitrogens is 1. The topological polar surface area (TPSA) is 36.7 Å². The molecular formula is C22H18Cl2N2. The molecule has 2 aromatic carbocycles. The molecule has 0 aliphatic carbocycles. The fourth-order valence-corrected chi connectivity index (χ4v) is 3.47. The minimum absolute atomic E-state index is 0.0454. The fraction of sp³-hybridized carbons (Fsp3) is 0.182. The molecule has 0 aliphatic rings. The van der Waals surface area contributed by atoms with E-state index in [2.05, 4.69) is 29.3 Å². The molecule has 2 atom stereocenters. The molecule has 0 bridgehead atoms. The van der Waals surface area contributed by atoms with Crippen LogP contribution in [0.3, 0.4) is 0 Å². The molecule has 0 amide bonds. The van der Waals surface area contributed by atoms with Gasteiger partial charge in [0.05, 0.1) is 21.5 Å². The van der Waals surface area contributed by atoms with Crippen molar-refractivity contribution >= 4 is 23.2 Å². The van der Waals surface area contributed by atoms with E-state index in [0.29, 0.717) is 16.5 Å². The van der Waals surface area contributed by atoms with E-state index in [1.54, 1.807) is 18.3 Å². The van der Waals surface area contributed by atoms with E-state index in [1.165, 1.54) is 0 Å². The largest absolute Gasteiger partial charge is 0.264 e. The van der Waals surface area contributed by atoms with Gasteiger partial charge in [0, 0.05) is 18.3 Å². The summed E-state index contributed by atoms with van der Waals surface area (Å²) in [6, 6.07) is 22.1.